The molecule has 0 bridgehead atoms. The Morgan fingerprint density at radius 2 is 2.00 bits per heavy atom. The highest BCUT2D eigenvalue weighted by Crippen LogP contribution is 2.31. The third kappa shape index (κ3) is 1.64. The average Bonchev–Trinajstić information content (AvgIpc) is 2.44. The van der Waals surface area contributed by atoms with Gasteiger partial charge < -0.3 is 4.98 Å². The van der Waals surface area contributed by atoms with Crippen LogP contribution in [0.4, 0.5) is 0 Å². The van der Waals surface area contributed by atoms with Crippen molar-refractivity contribution in [3.8, 4) is 0 Å². The molecule has 1 aromatic heterocycles. The number of aryl methyl sites for hydroxylation is 1. The first-order chi connectivity index (χ1) is 7.00. The fourth-order valence-electron chi connectivity index (χ4n) is 1.70. The summed E-state index contributed by atoms with van der Waals surface area (Å²) in [4.78, 5) is 14.3. The molecule has 0 unspecified atom stereocenters. The smallest absolute Gasteiger partial charge is 0.176 e. The Morgan fingerprint density at radius 3 is 2.60 bits per heavy atom. The lowest BCUT2D eigenvalue weighted by Gasteiger charge is -1.95. The van der Waals surface area contributed by atoms with Crippen LogP contribution < -0.4 is 0 Å². The maximum atomic E-state index is 11.3. The van der Waals surface area contributed by atoms with E-state index in [9.17, 15) is 4.79 Å². The molecular formula is C11H9Cl2NO. The van der Waals surface area contributed by atoms with Gasteiger partial charge in [0, 0.05) is 17.3 Å². The highest BCUT2D eigenvalue weighted by molar-refractivity contribution is 6.38. The maximum absolute atomic E-state index is 11.3. The van der Waals surface area contributed by atoms with Crippen LogP contribution >= 0.6 is 23.2 Å². The number of ketones is 1. The lowest BCUT2D eigenvalue weighted by Crippen LogP contribution is -1.93. The third-order valence-electron chi connectivity index (χ3n) is 2.44. The molecule has 15 heavy (non-hydrogen) atoms. The topological polar surface area (TPSA) is 32.9 Å². The van der Waals surface area contributed by atoms with Gasteiger partial charge in [-0.3, -0.25) is 4.79 Å². The molecule has 0 fully saturated rings. The van der Waals surface area contributed by atoms with Crippen molar-refractivity contribution in [2.24, 2.45) is 0 Å². The second-order valence-corrected chi connectivity index (χ2v) is 4.33. The van der Waals surface area contributed by atoms with E-state index in [0.29, 0.717) is 15.7 Å². The molecule has 78 valence electrons. The predicted molar refractivity (Wildman–Crippen MR) is 63.1 cm³/mol. The van der Waals surface area contributed by atoms with Gasteiger partial charge >= 0.3 is 0 Å². The predicted octanol–water partition coefficient (Wildman–Crippen LogP) is 3.99. The lowest BCUT2D eigenvalue weighted by atomic mass is 10.1. The van der Waals surface area contributed by atoms with Crippen molar-refractivity contribution in [1.29, 1.82) is 0 Å². The molecule has 1 aromatic carbocycles. The minimum atomic E-state index is -0.00381. The zero-order valence-electron chi connectivity index (χ0n) is 8.32. The van der Waals surface area contributed by atoms with Crippen LogP contribution in [0, 0.1) is 6.92 Å². The van der Waals surface area contributed by atoms with E-state index in [1.807, 2.05) is 6.92 Å². The van der Waals surface area contributed by atoms with Crippen molar-refractivity contribution in [1.82, 2.24) is 4.98 Å². The van der Waals surface area contributed by atoms with E-state index in [2.05, 4.69) is 4.98 Å². The van der Waals surface area contributed by atoms with Crippen molar-refractivity contribution in [3.05, 3.63) is 33.4 Å². The molecule has 2 nitrogen and oxygen atoms in total. The molecule has 1 heterocycles. The minimum Gasteiger partial charge on any atom is -0.351 e. The number of halogens is 2. The zero-order chi connectivity index (χ0) is 11.2. The second kappa shape index (κ2) is 3.54. The van der Waals surface area contributed by atoms with Crippen LogP contribution in [0.15, 0.2) is 12.1 Å². The molecule has 4 heteroatoms. The van der Waals surface area contributed by atoms with Crippen LogP contribution in [0.5, 0.6) is 0 Å². The normalized spacial score (nSPS) is 10.9. The Bertz CT molecular complexity index is 557. The summed E-state index contributed by atoms with van der Waals surface area (Å²) in [6.07, 6.45) is 0. The van der Waals surface area contributed by atoms with Crippen LogP contribution in [-0.4, -0.2) is 10.8 Å². The van der Waals surface area contributed by atoms with Gasteiger partial charge in [-0.25, -0.2) is 0 Å². The van der Waals surface area contributed by atoms with Crippen LogP contribution in [0.3, 0.4) is 0 Å². The fourth-order valence-corrected chi connectivity index (χ4v) is 2.24. The van der Waals surface area contributed by atoms with E-state index in [1.165, 1.54) is 6.92 Å². The third-order valence-corrected chi connectivity index (χ3v) is 2.95. The van der Waals surface area contributed by atoms with E-state index in [1.54, 1.807) is 12.1 Å². The molecule has 1 N–H and O–H groups in total. The first-order valence-corrected chi connectivity index (χ1v) is 5.24. The van der Waals surface area contributed by atoms with E-state index < -0.39 is 0 Å². The Morgan fingerprint density at radius 1 is 1.33 bits per heavy atom. The highest BCUT2D eigenvalue weighted by atomic mass is 35.5. The fraction of sp³-hybridized carbons (Fsp3) is 0.182. The number of H-pyrrole nitrogens is 1. The van der Waals surface area contributed by atoms with Crippen molar-refractivity contribution < 1.29 is 4.79 Å². The van der Waals surface area contributed by atoms with Gasteiger partial charge in [0.1, 0.15) is 0 Å². The molecule has 0 amide bonds. The number of rotatable bonds is 1. The number of fused-ring (bicyclic) bond motifs is 1. The molecule has 0 aliphatic carbocycles. The van der Waals surface area contributed by atoms with Crippen molar-refractivity contribution in [3.63, 3.8) is 0 Å². The summed E-state index contributed by atoms with van der Waals surface area (Å²) < 4.78 is 0. The Hall–Kier alpha value is -0.990. The Kier molecular flexibility index (Phi) is 2.49. The Balaban J connectivity index is 2.88. The van der Waals surface area contributed by atoms with Crippen LogP contribution in [0.1, 0.15) is 23.0 Å². The molecular weight excluding hydrogens is 233 g/mol. The van der Waals surface area contributed by atoms with E-state index >= 15 is 0 Å². The Labute approximate surface area is 97.2 Å². The molecule has 0 spiro atoms. The first kappa shape index (κ1) is 10.5. The van der Waals surface area contributed by atoms with Gasteiger partial charge in [0.2, 0.25) is 0 Å². The standard InChI is InChI=1S/C11H9Cl2NO/c1-5-8-3-7(12)4-9(13)11(8)14-10(5)6(2)15/h3-4,14H,1-2H3. The number of nitrogens with one attached hydrogen (secondary N) is 1. The molecule has 0 aliphatic heterocycles. The van der Waals surface area contributed by atoms with Crippen molar-refractivity contribution in [2.45, 2.75) is 13.8 Å². The summed E-state index contributed by atoms with van der Waals surface area (Å²) in [6.45, 7) is 3.40. The first-order valence-electron chi connectivity index (χ1n) is 4.49. The summed E-state index contributed by atoms with van der Waals surface area (Å²) >= 11 is 11.9. The maximum Gasteiger partial charge on any atom is 0.176 e. The number of hydrogen-bond donors (Lipinski definition) is 1. The molecule has 0 saturated carbocycles. The van der Waals surface area contributed by atoms with E-state index in [-0.39, 0.29) is 5.78 Å². The van der Waals surface area contributed by atoms with Crippen LogP contribution in [-0.2, 0) is 0 Å². The lowest BCUT2D eigenvalue weighted by molar-refractivity contribution is 0.101. The number of Topliss-reactive ketones (excluding diaryl/α,β-unsaturated/α-hetero) is 1. The number of aromatic amines is 1. The monoisotopic (exact) mass is 241 g/mol. The van der Waals surface area contributed by atoms with Gasteiger partial charge in [-0.05, 0) is 24.6 Å². The molecule has 0 aliphatic rings. The zero-order valence-corrected chi connectivity index (χ0v) is 9.83. The largest absolute Gasteiger partial charge is 0.351 e. The summed E-state index contributed by atoms with van der Waals surface area (Å²) in [5.74, 6) is -0.00381. The van der Waals surface area contributed by atoms with Crippen molar-refractivity contribution >= 4 is 39.9 Å². The number of aromatic nitrogens is 1. The van der Waals surface area contributed by atoms with Crippen molar-refractivity contribution in [2.75, 3.05) is 0 Å². The van der Waals surface area contributed by atoms with E-state index in [4.69, 9.17) is 23.2 Å². The SMILES string of the molecule is CC(=O)c1[nH]c2c(Cl)cc(Cl)cc2c1C. The molecule has 0 saturated heterocycles. The second-order valence-electron chi connectivity index (χ2n) is 3.49. The molecule has 0 radical (unpaired) electrons. The number of benzene rings is 1. The minimum absolute atomic E-state index is 0.00381. The summed E-state index contributed by atoms with van der Waals surface area (Å²) in [7, 11) is 0. The highest BCUT2D eigenvalue weighted by Gasteiger charge is 2.13. The molecule has 0 atom stereocenters. The quantitative estimate of drug-likeness (QED) is 0.753. The van der Waals surface area contributed by atoms with Gasteiger partial charge in [0.15, 0.2) is 5.78 Å². The van der Waals surface area contributed by atoms with Gasteiger partial charge in [-0.15, -0.1) is 0 Å². The number of carbonyl (C=O) groups is 1. The van der Waals surface area contributed by atoms with Gasteiger partial charge in [0.25, 0.3) is 0 Å². The van der Waals surface area contributed by atoms with Gasteiger partial charge in [-0.1, -0.05) is 23.2 Å². The van der Waals surface area contributed by atoms with Gasteiger partial charge in [0.05, 0.1) is 16.2 Å². The molecule has 2 rings (SSSR count). The van der Waals surface area contributed by atoms with Crippen LogP contribution in [0.25, 0.3) is 10.9 Å². The average molecular weight is 242 g/mol. The molecule has 2 aromatic rings. The summed E-state index contributed by atoms with van der Waals surface area (Å²) in [6, 6.07) is 3.46. The number of carbonyl (C=O) groups excluding carboxylic acids is 1. The van der Waals surface area contributed by atoms with Crippen LogP contribution in [0.2, 0.25) is 10.0 Å². The van der Waals surface area contributed by atoms with Gasteiger partial charge in [-0.2, -0.15) is 0 Å². The van der Waals surface area contributed by atoms with E-state index in [0.717, 1.165) is 16.5 Å². The summed E-state index contributed by atoms with van der Waals surface area (Å²) in [5, 5.41) is 2.01. The number of hydrogen-bond acceptors (Lipinski definition) is 1. The summed E-state index contributed by atoms with van der Waals surface area (Å²) in [5.41, 5.74) is 2.25.